The molecule has 0 saturated carbocycles. The lowest BCUT2D eigenvalue weighted by atomic mass is 9.97. The first-order valence-electron chi connectivity index (χ1n) is 10.7. The number of hydrogen-bond acceptors (Lipinski definition) is 9. The molecule has 2 aliphatic rings. The van der Waals surface area contributed by atoms with Crippen LogP contribution in [-0.4, -0.2) is 48.5 Å². The van der Waals surface area contributed by atoms with Gasteiger partial charge in [0.2, 0.25) is 5.88 Å². The van der Waals surface area contributed by atoms with Crippen molar-refractivity contribution in [3.8, 4) is 23.1 Å². The lowest BCUT2D eigenvalue weighted by Crippen LogP contribution is -2.27. The van der Waals surface area contributed by atoms with Crippen molar-refractivity contribution < 1.29 is 23.4 Å². The Labute approximate surface area is 193 Å². The maximum absolute atomic E-state index is 15.3. The van der Waals surface area contributed by atoms with Crippen LogP contribution >= 0.6 is 0 Å². The van der Waals surface area contributed by atoms with Crippen LogP contribution in [0.25, 0.3) is 21.9 Å². The van der Waals surface area contributed by atoms with E-state index in [-0.39, 0.29) is 30.3 Å². The summed E-state index contributed by atoms with van der Waals surface area (Å²) in [6.07, 6.45) is 1.52. The SMILES string of the molecule is Cc1c(-c2cc3cc(NC(=O)O[C@H]4COC[C@@H]4C#N)ncc3c(N)c2F)cnc2c1NCCO2. The molecule has 5 rings (SSSR count). The minimum atomic E-state index is -0.765. The van der Waals surface area contributed by atoms with E-state index in [1.807, 2.05) is 6.92 Å². The summed E-state index contributed by atoms with van der Waals surface area (Å²) in [7, 11) is 0. The van der Waals surface area contributed by atoms with Crippen molar-refractivity contribution in [2.75, 3.05) is 42.7 Å². The van der Waals surface area contributed by atoms with E-state index in [2.05, 4.69) is 26.7 Å². The number of halogens is 1. The smallest absolute Gasteiger partial charge is 0.413 e. The topological polar surface area (TPSA) is 144 Å². The van der Waals surface area contributed by atoms with Gasteiger partial charge in [-0.05, 0) is 30.0 Å². The van der Waals surface area contributed by atoms with Gasteiger partial charge in [-0.3, -0.25) is 5.32 Å². The molecule has 174 valence electrons. The highest BCUT2D eigenvalue weighted by Gasteiger charge is 2.31. The van der Waals surface area contributed by atoms with Crippen LogP contribution in [0.2, 0.25) is 0 Å². The van der Waals surface area contributed by atoms with Crippen LogP contribution in [0.5, 0.6) is 5.88 Å². The second-order valence-corrected chi connectivity index (χ2v) is 8.04. The lowest BCUT2D eigenvalue weighted by molar-refractivity contribution is 0.0878. The minimum Gasteiger partial charge on any atom is -0.474 e. The molecule has 1 aromatic carbocycles. The number of nitriles is 1. The first-order chi connectivity index (χ1) is 16.5. The molecule has 0 bridgehead atoms. The van der Waals surface area contributed by atoms with E-state index in [1.165, 1.54) is 6.20 Å². The Morgan fingerprint density at radius 2 is 2.18 bits per heavy atom. The second kappa shape index (κ2) is 8.64. The molecule has 11 heteroatoms. The molecule has 0 spiro atoms. The number of nitrogens with one attached hydrogen (secondary N) is 2. The number of nitrogen functional groups attached to an aromatic ring is 1. The van der Waals surface area contributed by atoms with E-state index in [0.29, 0.717) is 41.1 Å². The Bertz CT molecular complexity index is 1340. The zero-order valence-corrected chi connectivity index (χ0v) is 18.2. The average Bonchev–Trinajstić information content (AvgIpc) is 3.29. The van der Waals surface area contributed by atoms with Crippen LogP contribution in [0.1, 0.15) is 5.56 Å². The van der Waals surface area contributed by atoms with Gasteiger partial charge in [-0.2, -0.15) is 5.26 Å². The van der Waals surface area contributed by atoms with E-state index in [9.17, 15) is 4.79 Å². The molecule has 0 unspecified atom stereocenters. The number of hydrogen-bond donors (Lipinski definition) is 3. The number of carbonyl (C=O) groups excluding carboxylic acids is 1. The second-order valence-electron chi connectivity index (χ2n) is 8.04. The van der Waals surface area contributed by atoms with Crippen molar-refractivity contribution in [2.24, 2.45) is 5.92 Å². The molecule has 1 fully saturated rings. The van der Waals surface area contributed by atoms with E-state index in [1.54, 1.807) is 18.3 Å². The van der Waals surface area contributed by atoms with Gasteiger partial charge < -0.3 is 25.3 Å². The van der Waals surface area contributed by atoms with Crippen LogP contribution in [-0.2, 0) is 9.47 Å². The van der Waals surface area contributed by atoms with Gasteiger partial charge in [0, 0.05) is 35.5 Å². The van der Waals surface area contributed by atoms with Crippen LogP contribution in [0.15, 0.2) is 24.5 Å². The third kappa shape index (κ3) is 3.78. The number of rotatable bonds is 3. The first-order valence-corrected chi connectivity index (χ1v) is 10.7. The van der Waals surface area contributed by atoms with Crippen LogP contribution in [0.3, 0.4) is 0 Å². The Kier molecular flexibility index (Phi) is 5.51. The van der Waals surface area contributed by atoms with Gasteiger partial charge in [0.25, 0.3) is 0 Å². The van der Waals surface area contributed by atoms with Gasteiger partial charge in [0.15, 0.2) is 5.82 Å². The summed E-state index contributed by atoms with van der Waals surface area (Å²) >= 11 is 0. The molecular weight excluding hydrogens is 443 g/mol. The number of carbonyl (C=O) groups is 1. The number of benzene rings is 1. The van der Waals surface area contributed by atoms with Crippen molar-refractivity contribution >= 4 is 34.1 Å². The predicted molar refractivity (Wildman–Crippen MR) is 122 cm³/mol. The standard InChI is InChI=1S/C23H21FN6O4/c1-11-15(7-29-22-21(11)27-2-3-33-22)14-4-12-5-18(28-8-16(12)20(26)19(14)24)30-23(31)34-17-10-32-9-13(17)6-25/h4-5,7-8,13,17,27H,2-3,9-10,26H2,1H3,(H,28,30,31)/t13-,17-/m0/s1. The summed E-state index contributed by atoms with van der Waals surface area (Å²) in [6, 6.07) is 5.26. The molecule has 1 saturated heterocycles. The van der Waals surface area contributed by atoms with Gasteiger partial charge in [-0.1, -0.05) is 0 Å². The highest BCUT2D eigenvalue weighted by molar-refractivity contribution is 5.99. The summed E-state index contributed by atoms with van der Waals surface area (Å²) in [5.41, 5.74) is 8.38. The van der Waals surface area contributed by atoms with Crippen molar-refractivity contribution in [1.82, 2.24) is 9.97 Å². The third-order valence-electron chi connectivity index (χ3n) is 5.92. The molecule has 4 heterocycles. The summed E-state index contributed by atoms with van der Waals surface area (Å²) in [5.74, 6) is -0.437. The van der Waals surface area contributed by atoms with Crippen molar-refractivity contribution in [3.05, 3.63) is 35.9 Å². The fourth-order valence-electron chi connectivity index (χ4n) is 4.10. The molecule has 2 aromatic heterocycles. The molecule has 2 aliphatic heterocycles. The van der Waals surface area contributed by atoms with E-state index >= 15 is 4.39 Å². The summed E-state index contributed by atoms with van der Waals surface area (Å²) in [6.45, 7) is 3.36. The summed E-state index contributed by atoms with van der Waals surface area (Å²) in [4.78, 5) is 20.8. The Balaban J connectivity index is 1.47. The lowest BCUT2D eigenvalue weighted by Gasteiger charge is -2.22. The quantitative estimate of drug-likeness (QED) is 0.498. The summed E-state index contributed by atoms with van der Waals surface area (Å²) < 4.78 is 31.3. The zero-order valence-electron chi connectivity index (χ0n) is 18.2. The Morgan fingerprint density at radius 3 is 3.00 bits per heavy atom. The van der Waals surface area contributed by atoms with Crippen molar-refractivity contribution in [1.29, 1.82) is 5.26 Å². The summed E-state index contributed by atoms with van der Waals surface area (Å²) in [5, 5.41) is 15.8. The monoisotopic (exact) mass is 464 g/mol. The molecule has 1 amide bonds. The molecule has 0 radical (unpaired) electrons. The number of pyridine rings is 2. The van der Waals surface area contributed by atoms with Gasteiger partial charge in [0.1, 0.15) is 30.1 Å². The van der Waals surface area contributed by atoms with Crippen LogP contribution in [0.4, 0.5) is 26.4 Å². The Morgan fingerprint density at radius 1 is 1.32 bits per heavy atom. The highest BCUT2D eigenvalue weighted by atomic mass is 19.1. The molecule has 10 nitrogen and oxygen atoms in total. The van der Waals surface area contributed by atoms with Gasteiger partial charge >= 0.3 is 6.09 Å². The normalized spacial score (nSPS) is 19.0. The van der Waals surface area contributed by atoms with Crippen molar-refractivity contribution in [3.63, 3.8) is 0 Å². The van der Waals surface area contributed by atoms with E-state index < -0.39 is 23.9 Å². The highest BCUT2D eigenvalue weighted by Crippen LogP contribution is 2.39. The largest absolute Gasteiger partial charge is 0.474 e. The van der Waals surface area contributed by atoms with Gasteiger partial charge in [-0.25, -0.2) is 19.2 Å². The number of nitrogens with zero attached hydrogens (tertiary/aromatic N) is 3. The Hall–Kier alpha value is -4.17. The molecule has 4 N–H and O–H groups in total. The number of amides is 1. The predicted octanol–water partition coefficient (Wildman–Crippen LogP) is 3.22. The average molecular weight is 464 g/mol. The number of fused-ring (bicyclic) bond motifs is 2. The molecular formula is C23H21FN6O4. The van der Waals surface area contributed by atoms with Gasteiger partial charge in [0.05, 0.1) is 25.0 Å². The maximum atomic E-state index is 15.3. The molecule has 34 heavy (non-hydrogen) atoms. The maximum Gasteiger partial charge on any atom is 0.413 e. The van der Waals surface area contributed by atoms with Crippen LogP contribution in [0, 0.1) is 30.0 Å². The van der Waals surface area contributed by atoms with E-state index in [4.69, 9.17) is 25.2 Å². The third-order valence-corrected chi connectivity index (χ3v) is 5.92. The number of nitrogens with two attached hydrogens (primary N) is 1. The zero-order chi connectivity index (χ0) is 23.8. The fourth-order valence-corrected chi connectivity index (χ4v) is 4.10. The number of ether oxygens (including phenoxy) is 3. The number of aromatic nitrogens is 2. The molecule has 2 atom stereocenters. The fraction of sp³-hybridized carbons (Fsp3) is 0.304. The first kappa shape index (κ1) is 21.7. The minimum absolute atomic E-state index is 0.0598. The van der Waals surface area contributed by atoms with Crippen LogP contribution < -0.4 is 21.1 Å². The van der Waals surface area contributed by atoms with E-state index in [0.717, 1.165) is 5.56 Å². The van der Waals surface area contributed by atoms with Crippen molar-refractivity contribution in [2.45, 2.75) is 13.0 Å². The molecule has 3 aromatic rings. The number of anilines is 3. The van der Waals surface area contributed by atoms with Gasteiger partial charge in [-0.15, -0.1) is 0 Å². The molecule has 0 aliphatic carbocycles.